The summed E-state index contributed by atoms with van der Waals surface area (Å²) in [5.41, 5.74) is 0.779. The normalized spacial score (nSPS) is 19.1. The van der Waals surface area contributed by atoms with Gasteiger partial charge in [-0.3, -0.25) is 9.48 Å². The molecule has 5 nitrogen and oxygen atoms in total. The van der Waals surface area contributed by atoms with E-state index in [4.69, 9.17) is 0 Å². The number of hydrogen-bond acceptors (Lipinski definition) is 3. The number of hydrogen-bond donors (Lipinski definition) is 0. The minimum atomic E-state index is -0.711. The van der Waals surface area contributed by atoms with E-state index >= 15 is 0 Å². The molecule has 30 heavy (non-hydrogen) atoms. The molecular formula is C23H30F2N4O. The van der Waals surface area contributed by atoms with E-state index in [9.17, 15) is 13.6 Å². The number of halogens is 2. The van der Waals surface area contributed by atoms with Crippen LogP contribution in [0.1, 0.15) is 48.9 Å². The number of nitrogens with zero attached hydrogens (tertiary/aromatic N) is 4. The molecule has 2 heterocycles. The predicted molar refractivity (Wildman–Crippen MR) is 112 cm³/mol. The lowest BCUT2D eigenvalue weighted by Crippen LogP contribution is -2.37. The van der Waals surface area contributed by atoms with Crippen LogP contribution in [0.2, 0.25) is 0 Å². The zero-order chi connectivity index (χ0) is 21.1. The van der Waals surface area contributed by atoms with Crippen molar-refractivity contribution in [2.45, 2.75) is 38.5 Å². The molecule has 4 rings (SSSR count). The maximum absolute atomic E-state index is 14.3. The Kier molecular flexibility index (Phi) is 6.46. The molecule has 0 radical (unpaired) electrons. The van der Waals surface area contributed by atoms with Gasteiger partial charge in [-0.05, 0) is 43.9 Å². The van der Waals surface area contributed by atoms with E-state index in [1.807, 2.05) is 4.90 Å². The van der Waals surface area contributed by atoms with E-state index in [1.165, 1.54) is 48.9 Å². The first-order chi connectivity index (χ1) is 14.5. The van der Waals surface area contributed by atoms with Crippen LogP contribution in [0.5, 0.6) is 0 Å². The molecule has 1 aromatic carbocycles. The molecule has 7 heteroatoms. The average molecular weight is 417 g/mol. The Morgan fingerprint density at radius 2 is 1.87 bits per heavy atom. The molecular weight excluding hydrogens is 386 g/mol. The van der Waals surface area contributed by atoms with E-state index in [-0.39, 0.29) is 17.2 Å². The van der Waals surface area contributed by atoms with Gasteiger partial charge in [-0.15, -0.1) is 0 Å². The Bertz CT molecular complexity index is 891. The van der Waals surface area contributed by atoms with Crippen LogP contribution >= 0.6 is 0 Å². The van der Waals surface area contributed by atoms with Gasteiger partial charge in [0.15, 0.2) is 0 Å². The number of rotatable bonds is 4. The molecule has 1 saturated heterocycles. The molecule has 1 aromatic heterocycles. The first-order valence-electron chi connectivity index (χ1n) is 11.0. The third kappa shape index (κ3) is 4.72. The van der Waals surface area contributed by atoms with Crippen LogP contribution in [0.3, 0.4) is 0 Å². The largest absolute Gasteiger partial charge is 0.337 e. The molecule has 2 aromatic rings. The molecule has 1 saturated carbocycles. The molecule has 0 unspecified atom stereocenters. The van der Waals surface area contributed by atoms with Gasteiger partial charge in [-0.1, -0.05) is 19.3 Å². The Hall–Kier alpha value is -2.28. The van der Waals surface area contributed by atoms with Crippen LogP contribution < -0.4 is 0 Å². The molecule has 0 N–H and O–H groups in total. The average Bonchev–Trinajstić information content (AvgIpc) is 2.96. The smallest absolute Gasteiger partial charge is 0.257 e. The Labute approximate surface area is 176 Å². The summed E-state index contributed by atoms with van der Waals surface area (Å²) in [6.07, 6.45) is 9.24. The topological polar surface area (TPSA) is 41.4 Å². The van der Waals surface area contributed by atoms with Gasteiger partial charge in [0.05, 0.1) is 5.56 Å². The number of carbonyl (C=O) groups is 1. The van der Waals surface area contributed by atoms with E-state index in [0.29, 0.717) is 18.7 Å². The van der Waals surface area contributed by atoms with Gasteiger partial charge >= 0.3 is 0 Å². The summed E-state index contributed by atoms with van der Waals surface area (Å²) in [4.78, 5) is 17.6. The second-order valence-electron chi connectivity index (χ2n) is 8.64. The van der Waals surface area contributed by atoms with Crippen LogP contribution in [0.25, 0.3) is 11.3 Å². The van der Waals surface area contributed by atoms with E-state index in [1.54, 1.807) is 13.2 Å². The van der Waals surface area contributed by atoms with E-state index in [0.717, 1.165) is 38.0 Å². The number of aryl methyl sites for hydroxylation is 1. The second-order valence-corrected chi connectivity index (χ2v) is 8.64. The second kappa shape index (κ2) is 9.25. The van der Waals surface area contributed by atoms with E-state index < -0.39 is 11.6 Å². The zero-order valence-electron chi connectivity index (χ0n) is 17.6. The molecule has 1 amide bonds. The SMILES string of the molecule is Cn1cc(C(=O)N2CCCN(CC3CCCCC3)CC2)c(-c2ccc(F)cc2F)n1. The number of carbonyl (C=O) groups excluding carboxylic acids is 1. The van der Waals surface area contributed by atoms with Gasteiger partial charge in [-0.2, -0.15) is 5.10 Å². The van der Waals surface area contributed by atoms with Crippen molar-refractivity contribution in [3.05, 3.63) is 41.6 Å². The summed E-state index contributed by atoms with van der Waals surface area (Å²) in [6.45, 7) is 4.34. The summed E-state index contributed by atoms with van der Waals surface area (Å²) in [5, 5.41) is 4.30. The van der Waals surface area contributed by atoms with Crippen molar-refractivity contribution in [3.8, 4) is 11.3 Å². The van der Waals surface area contributed by atoms with Crippen LogP contribution in [-0.4, -0.2) is 58.2 Å². The highest BCUT2D eigenvalue weighted by Crippen LogP contribution is 2.27. The maximum Gasteiger partial charge on any atom is 0.257 e. The quantitative estimate of drug-likeness (QED) is 0.754. The lowest BCUT2D eigenvalue weighted by Gasteiger charge is -2.28. The maximum atomic E-state index is 14.3. The molecule has 0 spiro atoms. The number of benzene rings is 1. The summed E-state index contributed by atoms with van der Waals surface area (Å²) in [6, 6.07) is 3.36. The van der Waals surface area contributed by atoms with Gasteiger partial charge in [0, 0.05) is 51.1 Å². The third-order valence-electron chi connectivity index (χ3n) is 6.36. The van der Waals surface area contributed by atoms with Gasteiger partial charge in [-0.25, -0.2) is 8.78 Å². The molecule has 0 bridgehead atoms. The van der Waals surface area contributed by atoms with Crippen LogP contribution in [0, 0.1) is 17.6 Å². The molecule has 0 atom stereocenters. The highest BCUT2D eigenvalue weighted by atomic mass is 19.1. The monoisotopic (exact) mass is 416 g/mol. The summed E-state index contributed by atoms with van der Waals surface area (Å²) >= 11 is 0. The van der Waals surface area contributed by atoms with Crippen molar-refractivity contribution in [2.75, 3.05) is 32.7 Å². The minimum absolute atomic E-state index is 0.138. The highest BCUT2D eigenvalue weighted by molar-refractivity contribution is 5.99. The number of aromatic nitrogens is 2. The standard InChI is InChI=1S/C23H30F2N4O/c1-27-16-20(22(26-27)19-9-8-18(24)14-21(19)25)23(30)29-11-5-10-28(12-13-29)15-17-6-3-2-4-7-17/h8-9,14,16-17H,2-7,10-13,15H2,1H3. The Balaban J connectivity index is 1.47. The van der Waals surface area contributed by atoms with Crippen LogP contribution in [0.4, 0.5) is 8.78 Å². The third-order valence-corrected chi connectivity index (χ3v) is 6.36. The zero-order valence-corrected chi connectivity index (χ0v) is 17.6. The first kappa shape index (κ1) is 21.0. The van der Waals surface area contributed by atoms with Crippen molar-refractivity contribution in [3.63, 3.8) is 0 Å². The van der Waals surface area contributed by atoms with Crippen molar-refractivity contribution in [1.82, 2.24) is 19.6 Å². The Morgan fingerprint density at radius 3 is 2.63 bits per heavy atom. The number of amides is 1. The first-order valence-corrected chi connectivity index (χ1v) is 11.0. The summed E-state index contributed by atoms with van der Waals surface area (Å²) in [5.74, 6) is -0.711. The van der Waals surface area contributed by atoms with Crippen molar-refractivity contribution < 1.29 is 13.6 Å². The predicted octanol–water partition coefficient (Wildman–Crippen LogP) is 4.09. The van der Waals surface area contributed by atoms with Gasteiger partial charge < -0.3 is 9.80 Å². The van der Waals surface area contributed by atoms with Gasteiger partial charge in [0.25, 0.3) is 5.91 Å². The van der Waals surface area contributed by atoms with E-state index in [2.05, 4.69) is 10.00 Å². The Morgan fingerprint density at radius 1 is 1.07 bits per heavy atom. The minimum Gasteiger partial charge on any atom is -0.337 e. The molecule has 1 aliphatic carbocycles. The molecule has 162 valence electrons. The fourth-order valence-electron chi connectivity index (χ4n) is 4.79. The van der Waals surface area contributed by atoms with Gasteiger partial charge in [0.2, 0.25) is 0 Å². The molecule has 2 fully saturated rings. The molecule has 1 aliphatic heterocycles. The summed E-state index contributed by atoms with van der Waals surface area (Å²) in [7, 11) is 1.70. The highest BCUT2D eigenvalue weighted by Gasteiger charge is 2.27. The van der Waals surface area contributed by atoms with Crippen LogP contribution in [-0.2, 0) is 7.05 Å². The lowest BCUT2D eigenvalue weighted by molar-refractivity contribution is 0.0760. The van der Waals surface area contributed by atoms with Crippen molar-refractivity contribution in [1.29, 1.82) is 0 Å². The molecule has 2 aliphatic rings. The van der Waals surface area contributed by atoms with Gasteiger partial charge in [0.1, 0.15) is 17.3 Å². The fraction of sp³-hybridized carbons (Fsp3) is 0.565. The van der Waals surface area contributed by atoms with Crippen molar-refractivity contribution >= 4 is 5.91 Å². The fourth-order valence-corrected chi connectivity index (χ4v) is 4.79. The van der Waals surface area contributed by atoms with Crippen LogP contribution in [0.15, 0.2) is 24.4 Å². The summed E-state index contributed by atoms with van der Waals surface area (Å²) < 4.78 is 29.2. The lowest BCUT2D eigenvalue weighted by atomic mass is 9.89. The van der Waals surface area contributed by atoms with Crippen molar-refractivity contribution in [2.24, 2.45) is 13.0 Å².